The van der Waals surface area contributed by atoms with Gasteiger partial charge < -0.3 is 10.1 Å². The fourth-order valence-electron chi connectivity index (χ4n) is 2.17. The van der Waals surface area contributed by atoms with E-state index in [4.69, 9.17) is 4.74 Å². The van der Waals surface area contributed by atoms with Gasteiger partial charge in [0.1, 0.15) is 5.03 Å². The fourth-order valence-corrected chi connectivity index (χ4v) is 3.51. The summed E-state index contributed by atoms with van der Waals surface area (Å²) in [5.41, 5.74) is 2.25. The molecule has 144 valence electrons. The molecule has 0 saturated heterocycles. The smallest absolute Gasteiger partial charge is 0.311 e. The highest BCUT2D eigenvalue weighted by atomic mass is 32.2. The summed E-state index contributed by atoms with van der Waals surface area (Å²) in [6.07, 6.45) is 3.48. The Bertz CT molecular complexity index is 932. The van der Waals surface area contributed by atoms with E-state index in [0.29, 0.717) is 22.5 Å². The number of aromatic nitrogens is 4. The van der Waals surface area contributed by atoms with Gasteiger partial charge in [0.15, 0.2) is 5.13 Å². The minimum Gasteiger partial charge on any atom is -0.466 e. The number of thioether (sulfide) groups is 1. The highest BCUT2D eigenvalue weighted by molar-refractivity contribution is 7.99. The van der Waals surface area contributed by atoms with Crippen LogP contribution in [0.4, 0.5) is 5.13 Å². The van der Waals surface area contributed by atoms with Crippen LogP contribution in [0.2, 0.25) is 0 Å². The second-order valence-corrected chi connectivity index (χ2v) is 7.31. The quantitative estimate of drug-likeness (QED) is 0.442. The number of pyridine rings is 1. The number of ether oxygens (including phenoxy) is 1. The molecular weight excluding hydrogens is 398 g/mol. The Morgan fingerprint density at radius 1 is 1.18 bits per heavy atom. The van der Waals surface area contributed by atoms with Crippen molar-refractivity contribution in [2.75, 3.05) is 17.7 Å². The zero-order chi connectivity index (χ0) is 19.8. The Morgan fingerprint density at radius 2 is 2.00 bits per heavy atom. The normalized spacial score (nSPS) is 10.5. The average Bonchev–Trinajstić information content (AvgIpc) is 3.14. The maximum absolute atomic E-state index is 12.1. The van der Waals surface area contributed by atoms with Gasteiger partial charge in [0, 0.05) is 23.3 Å². The molecular formula is C18H17N5O3S2. The van der Waals surface area contributed by atoms with E-state index >= 15 is 0 Å². The molecule has 3 aromatic heterocycles. The van der Waals surface area contributed by atoms with Crippen molar-refractivity contribution >= 4 is 40.1 Å². The first kappa shape index (κ1) is 19.9. The second-order valence-electron chi connectivity index (χ2n) is 5.46. The van der Waals surface area contributed by atoms with Gasteiger partial charge in [0.05, 0.1) is 30.2 Å². The Balaban J connectivity index is 1.48. The third kappa shape index (κ3) is 5.83. The molecule has 0 aliphatic heterocycles. The Labute approximate surface area is 169 Å². The summed E-state index contributed by atoms with van der Waals surface area (Å²) in [6, 6.07) is 7.38. The number of esters is 1. The van der Waals surface area contributed by atoms with Gasteiger partial charge in [-0.3, -0.25) is 14.6 Å². The minimum absolute atomic E-state index is 0.0916. The lowest BCUT2D eigenvalue weighted by Gasteiger charge is -2.03. The Hall–Kier alpha value is -2.85. The lowest BCUT2D eigenvalue weighted by molar-refractivity contribution is -0.142. The lowest BCUT2D eigenvalue weighted by atomic mass is 10.2. The molecule has 0 aliphatic rings. The third-order valence-corrected chi connectivity index (χ3v) is 5.12. The van der Waals surface area contributed by atoms with E-state index in [1.807, 2.05) is 24.3 Å². The van der Waals surface area contributed by atoms with E-state index in [2.05, 4.69) is 25.5 Å². The zero-order valence-corrected chi connectivity index (χ0v) is 16.6. The summed E-state index contributed by atoms with van der Waals surface area (Å²) in [7, 11) is 0. The predicted molar refractivity (Wildman–Crippen MR) is 107 cm³/mol. The van der Waals surface area contributed by atoms with Gasteiger partial charge in [-0.05, 0) is 31.2 Å². The largest absolute Gasteiger partial charge is 0.466 e. The molecule has 0 aromatic carbocycles. The highest BCUT2D eigenvalue weighted by Gasteiger charge is 2.11. The lowest BCUT2D eigenvalue weighted by Crippen LogP contribution is -2.14. The number of carbonyl (C=O) groups excluding carboxylic acids is 2. The number of carbonyl (C=O) groups is 2. The summed E-state index contributed by atoms with van der Waals surface area (Å²) in [5.74, 6) is -0.368. The summed E-state index contributed by atoms with van der Waals surface area (Å²) in [6.45, 7) is 2.08. The van der Waals surface area contributed by atoms with E-state index in [1.54, 1.807) is 24.7 Å². The third-order valence-electron chi connectivity index (χ3n) is 3.40. The van der Waals surface area contributed by atoms with Crippen molar-refractivity contribution in [3.05, 3.63) is 47.7 Å². The molecule has 8 nitrogen and oxygen atoms in total. The maximum atomic E-state index is 12.1. The summed E-state index contributed by atoms with van der Waals surface area (Å²) >= 11 is 2.55. The molecule has 3 heterocycles. The number of thiazole rings is 1. The number of nitrogens with one attached hydrogen (secondary N) is 1. The predicted octanol–water partition coefficient (Wildman–Crippen LogP) is 2.83. The van der Waals surface area contributed by atoms with Crippen LogP contribution >= 0.6 is 23.1 Å². The molecule has 0 radical (unpaired) electrons. The molecule has 1 amide bonds. The summed E-state index contributed by atoms with van der Waals surface area (Å²) in [4.78, 5) is 31.7. The molecule has 1 N–H and O–H groups in total. The molecule has 0 aliphatic carbocycles. The van der Waals surface area contributed by atoms with Gasteiger partial charge in [-0.25, -0.2) is 4.98 Å². The van der Waals surface area contributed by atoms with Gasteiger partial charge in [-0.15, -0.1) is 21.5 Å². The number of hydrogen-bond donors (Lipinski definition) is 1. The molecule has 0 spiro atoms. The molecule has 0 fully saturated rings. The number of rotatable bonds is 8. The van der Waals surface area contributed by atoms with Crippen molar-refractivity contribution in [3.63, 3.8) is 0 Å². The molecule has 0 atom stereocenters. The zero-order valence-electron chi connectivity index (χ0n) is 15.0. The molecule has 10 heteroatoms. The van der Waals surface area contributed by atoms with Gasteiger partial charge in [0.25, 0.3) is 0 Å². The minimum atomic E-state index is -0.338. The average molecular weight is 416 g/mol. The van der Waals surface area contributed by atoms with Crippen LogP contribution in [0.15, 0.2) is 47.1 Å². The maximum Gasteiger partial charge on any atom is 0.311 e. The number of anilines is 1. The number of nitrogens with zero attached hydrogens (tertiary/aromatic N) is 4. The van der Waals surface area contributed by atoms with Crippen LogP contribution in [0.25, 0.3) is 11.3 Å². The molecule has 3 rings (SSSR count). The monoisotopic (exact) mass is 415 g/mol. The first-order chi connectivity index (χ1) is 13.6. The standard InChI is InChI=1S/C18H17N5O3S2/c1-2-26-17(25)9-13-10-28-18(20-13)21-15(24)11-27-16-4-3-14(22-23-16)12-5-7-19-8-6-12/h3-8,10H,2,9,11H2,1H3,(H,20,21,24). The topological polar surface area (TPSA) is 107 Å². The Morgan fingerprint density at radius 3 is 2.71 bits per heavy atom. The first-order valence-corrected chi connectivity index (χ1v) is 10.3. The van der Waals surface area contributed by atoms with E-state index in [0.717, 1.165) is 11.3 Å². The number of amides is 1. The van der Waals surface area contributed by atoms with Crippen molar-refractivity contribution in [3.8, 4) is 11.3 Å². The Kier molecular flexibility index (Phi) is 7.04. The van der Waals surface area contributed by atoms with E-state index in [9.17, 15) is 9.59 Å². The van der Waals surface area contributed by atoms with Crippen LogP contribution < -0.4 is 5.32 Å². The summed E-state index contributed by atoms with van der Waals surface area (Å²) in [5, 5.41) is 13.8. The van der Waals surface area contributed by atoms with Crippen LogP contribution in [0.1, 0.15) is 12.6 Å². The molecule has 0 saturated carbocycles. The van der Waals surface area contributed by atoms with Crippen molar-refractivity contribution in [1.82, 2.24) is 20.2 Å². The number of hydrogen-bond acceptors (Lipinski definition) is 9. The van der Waals surface area contributed by atoms with Crippen LogP contribution in [-0.2, 0) is 20.7 Å². The van der Waals surface area contributed by atoms with Crippen molar-refractivity contribution < 1.29 is 14.3 Å². The molecule has 0 unspecified atom stereocenters. The van der Waals surface area contributed by atoms with Crippen LogP contribution in [0.3, 0.4) is 0 Å². The fraction of sp³-hybridized carbons (Fsp3) is 0.222. The summed E-state index contributed by atoms with van der Waals surface area (Å²) < 4.78 is 4.88. The van der Waals surface area contributed by atoms with Crippen LogP contribution in [0, 0.1) is 0 Å². The van der Waals surface area contributed by atoms with Crippen LogP contribution in [-0.4, -0.2) is 44.4 Å². The van der Waals surface area contributed by atoms with Crippen molar-refractivity contribution in [1.29, 1.82) is 0 Å². The van der Waals surface area contributed by atoms with Gasteiger partial charge in [-0.2, -0.15) is 0 Å². The van der Waals surface area contributed by atoms with E-state index in [-0.39, 0.29) is 24.1 Å². The van der Waals surface area contributed by atoms with Crippen LogP contribution in [0.5, 0.6) is 0 Å². The molecule has 0 bridgehead atoms. The molecule has 3 aromatic rings. The SMILES string of the molecule is CCOC(=O)Cc1csc(NC(=O)CSc2ccc(-c3ccncc3)nn2)n1. The van der Waals surface area contributed by atoms with E-state index in [1.165, 1.54) is 23.1 Å². The second kappa shape index (κ2) is 9.90. The van der Waals surface area contributed by atoms with Gasteiger partial charge in [-0.1, -0.05) is 11.8 Å². The first-order valence-electron chi connectivity index (χ1n) is 8.41. The van der Waals surface area contributed by atoms with E-state index < -0.39 is 0 Å². The van der Waals surface area contributed by atoms with Crippen molar-refractivity contribution in [2.24, 2.45) is 0 Å². The van der Waals surface area contributed by atoms with Crippen molar-refractivity contribution in [2.45, 2.75) is 18.4 Å². The van der Waals surface area contributed by atoms with Gasteiger partial charge in [0.2, 0.25) is 5.91 Å². The van der Waals surface area contributed by atoms with Gasteiger partial charge >= 0.3 is 5.97 Å². The molecule has 28 heavy (non-hydrogen) atoms. The highest BCUT2D eigenvalue weighted by Crippen LogP contribution is 2.20.